The second kappa shape index (κ2) is 10.5. The highest BCUT2D eigenvalue weighted by Gasteiger charge is 2.34. The van der Waals surface area contributed by atoms with E-state index >= 15 is 0 Å². The maximum atomic E-state index is 13.2. The minimum Gasteiger partial charge on any atom is -0.352 e. The van der Waals surface area contributed by atoms with Gasteiger partial charge in [-0.1, -0.05) is 35.9 Å². The van der Waals surface area contributed by atoms with E-state index in [1.54, 1.807) is 12.1 Å². The first kappa shape index (κ1) is 23.5. The standard InChI is InChI=1S/C23H25ClF4N2O/c24-22-17(2-1-3-20(22)23(26,27)28)14-30-21(31)13-18(16-8-10-29-11-9-16)12-15-4-6-19(25)7-5-15/h1-7,16,18,29H,8-14H2,(H,30,31). The SMILES string of the molecule is O=C(CC(Cc1ccc(F)cc1)C1CCNCC1)NCc1cccc(C(F)(F)F)c1Cl. The molecule has 1 fully saturated rings. The number of piperidine rings is 1. The molecule has 0 aromatic heterocycles. The van der Waals surface area contributed by atoms with Crippen LogP contribution in [-0.2, 0) is 23.9 Å². The van der Waals surface area contributed by atoms with Crippen LogP contribution in [0.4, 0.5) is 17.6 Å². The molecular formula is C23H25ClF4N2O. The minimum absolute atomic E-state index is 0.0598. The highest BCUT2D eigenvalue weighted by Crippen LogP contribution is 2.36. The van der Waals surface area contributed by atoms with Gasteiger partial charge in [-0.15, -0.1) is 0 Å². The molecule has 8 heteroatoms. The van der Waals surface area contributed by atoms with Gasteiger partial charge in [-0.2, -0.15) is 13.2 Å². The molecule has 0 spiro atoms. The van der Waals surface area contributed by atoms with Crippen molar-refractivity contribution in [3.8, 4) is 0 Å². The monoisotopic (exact) mass is 456 g/mol. The van der Waals surface area contributed by atoms with Crippen molar-refractivity contribution in [2.24, 2.45) is 11.8 Å². The lowest BCUT2D eigenvalue weighted by Gasteiger charge is -2.30. The second-order valence-electron chi connectivity index (χ2n) is 7.94. The molecule has 2 aromatic carbocycles. The van der Waals surface area contributed by atoms with Gasteiger partial charge >= 0.3 is 6.18 Å². The third-order valence-electron chi connectivity index (χ3n) is 5.77. The Balaban J connectivity index is 1.65. The first-order valence-corrected chi connectivity index (χ1v) is 10.7. The normalized spacial score (nSPS) is 16.2. The minimum atomic E-state index is -4.55. The number of rotatable bonds is 7. The van der Waals surface area contributed by atoms with Gasteiger partial charge in [0.1, 0.15) is 5.82 Å². The van der Waals surface area contributed by atoms with Gasteiger partial charge in [0.25, 0.3) is 0 Å². The summed E-state index contributed by atoms with van der Waals surface area (Å²) in [7, 11) is 0. The summed E-state index contributed by atoms with van der Waals surface area (Å²) in [6.45, 7) is 1.69. The van der Waals surface area contributed by atoms with Gasteiger partial charge in [0, 0.05) is 13.0 Å². The van der Waals surface area contributed by atoms with Gasteiger partial charge in [-0.3, -0.25) is 4.79 Å². The summed E-state index contributed by atoms with van der Waals surface area (Å²) >= 11 is 5.92. The topological polar surface area (TPSA) is 41.1 Å². The lowest BCUT2D eigenvalue weighted by atomic mass is 9.79. The molecular weight excluding hydrogens is 432 g/mol. The lowest BCUT2D eigenvalue weighted by Crippen LogP contribution is -2.35. The Kier molecular flexibility index (Phi) is 7.94. The van der Waals surface area contributed by atoms with Crippen molar-refractivity contribution >= 4 is 17.5 Å². The zero-order chi connectivity index (χ0) is 22.4. The van der Waals surface area contributed by atoms with E-state index in [0.29, 0.717) is 12.3 Å². The van der Waals surface area contributed by atoms with Crippen molar-refractivity contribution in [3.63, 3.8) is 0 Å². The molecule has 2 aromatic rings. The summed E-state index contributed by atoms with van der Waals surface area (Å²) in [6, 6.07) is 9.94. The molecule has 1 heterocycles. The molecule has 1 aliphatic heterocycles. The fourth-order valence-corrected chi connectivity index (χ4v) is 4.38. The molecule has 31 heavy (non-hydrogen) atoms. The summed E-state index contributed by atoms with van der Waals surface area (Å²) < 4.78 is 52.3. The number of carbonyl (C=O) groups excluding carboxylic acids is 1. The van der Waals surface area contributed by atoms with E-state index in [0.717, 1.165) is 37.6 Å². The predicted molar refractivity (Wildman–Crippen MR) is 112 cm³/mol. The van der Waals surface area contributed by atoms with Crippen LogP contribution in [0, 0.1) is 17.7 Å². The Morgan fingerprint density at radius 1 is 1.13 bits per heavy atom. The van der Waals surface area contributed by atoms with Crippen molar-refractivity contribution in [3.05, 3.63) is 70.0 Å². The molecule has 1 unspecified atom stereocenters. The van der Waals surface area contributed by atoms with Crippen molar-refractivity contribution in [2.75, 3.05) is 13.1 Å². The molecule has 0 radical (unpaired) electrons. The number of hydrogen-bond donors (Lipinski definition) is 2. The van der Waals surface area contributed by atoms with E-state index in [2.05, 4.69) is 10.6 Å². The Morgan fingerprint density at radius 2 is 1.81 bits per heavy atom. The molecule has 168 valence electrons. The smallest absolute Gasteiger partial charge is 0.352 e. The van der Waals surface area contributed by atoms with Gasteiger partial charge in [-0.25, -0.2) is 4.39 Å². The summed E-state index contributed by atoms with van der Waals surface area (Å²) in [6.07, 6.45) is -1.77. The summed E-state index contributed by atoms with van der Waals surface area (Å²) in [5.74, 6) is -0.143. The average molecular weight is 457 g/mol. The largest absolute Gasteiger partial charge is 0.417 e. The van der Waals surface area contributed by atoms with Crippen LogP contribution in [0.15, 0.2) is 42.5 Å². The fraction of sp³-hybridized carbons (Fsp3) is 0.435. The van der Waals surface area contributed by atoms with Gasteiger partial charge in [-0.05, 0) is 73.5 Å². The molecule has 1 saturated heterocycles. The number of hydrogen-bond acceptors (Lipinski definition) is 2. The highest BCUT2D eigenvalue weighted by molar-refractivity contribution is 6.32. The number of halogens is 5. The summed E-state index contributed by atoms with van der Waals surface area (Å²) in [4.78, 5) is 12.7. The van der Waals surface area contributed by atoms with Crippen molar-refractivity contribution in [1.29, 1.82) is 0 Å². The van der Waals surface area contributed by atoms with E-state index in [4.69, 9.17) is 11.6 Å². The maximum Gasteiger partial charge on any atom is 0.417 e. The number of nitrogens with one attached hydrogen (secondary N) is 2. The van der Waals surface area contributed by atoms with Crippen LogP contribution in [-0.4, -0.2) is 19.0 Å². The zero-order valence-corrected chi connectivity index (χ0v) is 17.7. The van der Waals surface area contributed by atoms with Crippen molar-refractivity contribution < 1.29 is 22.4 Å². The van der Waals surface area contributed by atoms with Gasteiger partial charge < -0.3 is 10.6 Å². The first-order valence-electron chi connectivity index (χ1n) is 10.3. The summed E-state index contributed by atoms with van der Waals surface area (Å²) in [5, 5.41) is 5.63. The number of alkyl halides is 3. The lowest BCUT2D eigenvalue weighted by molar-refractivity contribution is -0.137. The molecule has 1 atom stereocenters. The zero-order valence-electron chi connectivity index (χ0n) is 16.9. The Labute approximate surface area is 184 Å². The highest BCUT2D eigenvalue weighted by atomic mass is 35.5. The molecule has 2 N–H and O–H groups in total. The van der Waals surface area contributed by atoms with Crippen LogP contribution < -0.4 is 10.6 Å². The Bertz CT molecular complexity index is 880. The Hall–Kier alpha value is -2.12. The molecule has 1 amide bonds. The third kappa shape index (κ3) is 6.68. The van der Waals surface area contributed by atoms with Crippen LogP contribution in [0.5, 0.6) is 0 Å². The van der Waals surface area contributed by atoms with Crippen LogP contribution in [0.2, 0.25) is 5.02 Å². The van der Waals surface area contributed by atoms with E-state index in [1.807, 2.05) is 0 Å². The van der Waals surface area contributed by atoms with Crippen molar-refractivity contribution in [1.82, 2.24) is 10.6 Å². The quantitative estimate of drug-likeness (QED) is 0.550. The molecule has 0 saturated carbocycles. The van der Waals surface area contributed by atoms with Crippen LogP contribution in [0.1, 0.15) is 36.0 Å². The van der Waals surface area contributed by atoms with Crippen LogP contribution >= 0.6 is 11.6 Å². The van der Waals surface area contributed by atoms with Gasteiger partial charge in [0.15, 0.2) is 0 Å². The van der Waals surface area contributed by atoms with Crippen LogP contribution in [0.3, 0.4) is 0 Å². The first-order chi connectivity index (χ1) is 14.7. The molecule has 3 nitrogen and oxygen atoms in total. The Morgan fingerprint density at radius 3 is 2.45 bits per heavy atom. The van der Waals surface area contributed by atoms with Gasteiger partial charge in [0.2, 0.25) is 5.91 Å². The molecule has 1 aliphatic rings. The third-order valence-corrected chi connectivity index (χ3v) is 6.22. The molecule has 0 aliphatic carbocycles. The van der Waals surface area contributed by atoms with E-state index in [1.165, 1.54) is 24.3 Å². The van der Waals surface area contributed by atoms with Crippen molar-refractivity contribution in [2.45, 2.75) is 38.4 Å². The van der Waals surface area contributed by atoms with Gasteiger partial charge in [0.05, 0.1) is 10.6 Å². The second-order valence-corrected chi connectivity index (χ2v) is 8.31. The number of amides is 1. The van der Waals surface area contributed by atoms with E-state index in [-0.39, 0.29) is 36.2 Å². The predicted octanol–water partition coefficient (Wildman–Crippen LogP) is 5.36. The fourth-order valence-electron chi connectivity index (χ4n) is 4.08. The molecule has 3 rings (SSSR count). The summed E-state index contributed by atoms with van der Waals surface area (Å²) in [5.41, 5.74) is 0.269. The average Bonchev–Trinajstić information content (AvgIpc) is 2.74. The number of benzene rings is 2. The van der Waals surface area contributed by atoms with Crippen LogP contribution in [0.25, 0.3) is 0 Å². The number of carbonyl (C=O) groups is 1. The maximum absolute atomic E-state index is 13.2. The molecule has 0 bridgehead atoms. The van der Waals surface area contributed by atoms with E-state index < -0.39 is 16.8 Å². The van der Waals surface area contributed by atoms with E-state index in [9.17, 15) is 22.4 Å².